The number of H-pyrrole nitrogens is 1. The number of alkyl halides is 6. The maximum atomic E-state index is 13.0. The monoisotopic (exact) mass is 486 g/mol. The predicted molar refractivity (Wildman–Crippen MR) is 97.5 cm³/mol. The number of aromatic amines is 1. The van der Waals surface area contributed by atoms with Crippen LogP contribution in [0.3, 0.4) is 0 Å². The topological polar surface area (TPSA) is 97.0 Å². The molecule has 1 N–H and O–H groups in total. The van der Waals surface area contributed by atoms with Crippen LogP contribution in [0.2, 0.25) is 0 Å². The molecular formula is C17H12F6N2O4S2. The average Bonchev–Trinajstić information content (AvgIpc) is 3.09. The third-order valence-corrected chi connectivity index (χ3v) is 7.58. The van der Waals surface area contributed by atoms with E-state index in [-0.39, 0.29) is 22.3 Å². The summed E-state index contributed by atoms with van der Waals surface area (Å²) in [6.45, 7) is 1.22. The highest BCUT2D eigenvalue weighted by atomic mass is 32.2. The van der Waals surface area contributed by atoms with Gasteiger partial charge in [-0.3, -0.25) is 4.98 Å². The molecule has 0 radical (unpaired) electrons. The van der Waals surface area contributed by atoms with Crippen molar-refractivity contribution in [1.82, 2.24) is 9.97 Å². The van der Waals surface area contributed by atoms with E-state index in [1.165, 1.54) is 6.92 Å². The van der Waals surface area contributed by atoms with Gasteiger partial charge in [0.25, 0.3) is 9.84 Å². The minimum absolute atomic E-state index is 0.0399. The van der Waals surface area contributed by atoms with Gasteiger partial charge in [-0.05, 0) is 30.3 Å². The lowest BCUT2D eigenvalue weighted by atomic mass is 10.2. The number of hydrogen-bond acceptors (Lipinski definition) is 5. The van der Waals surface area contributed by atoms with E-state index < -0.39 is 52.5 Å². The summed E-state index contributed by atoms with van der Waals surface area (Å²) in [5, 5.41) is -0.0399. The van der Waals surface area contributed by atoms with E-state index in [0.717, 1.165) is 18.2 Å². The number of rotatable bonds is 4. The number of fused-ring (bicyclic) bond motifs is 1. The predicted octanol–water partition coefficient (Wildman–Crippen LogP) is 4.34. The molecule has 0 amide bonds. The van der Waals surface area contributed by atoms with Crippen LogP contribution in [-0.2, 0) is 25.9 Å². The molecule has 1 aromatic carbocycles. The third kappa shape index (κ3) is 4.13. The van der Waals surface area contributed by atoms with Gasteiger partial charge in [-0.2, -0.15) is 26.3 Å². The minimum atomic E-state index is -5.63. The van der Waals surface area contributed by atoms with Gasteiger partial charge in [0.05, 0.1) is 26.8 Å². The van der Waals surface area contributed by atoms with Crippen LogP contribution in [0.15, 0.2) is 46.3 Å². The fourth-order valence-corrected chi connectivity index (χ4v) is 4.60. The lowest BCUT2D eigenvalue weighted by molar-refractivity contribution is -0.138. The Bertz CT molecular complexity index is 1370. The van der Waals surface area contributed by atoms with Crippen LogP contribution in [-0.4, -0.2) is 38.1 Å². The molecule has 2 aromatic heterocycles. The van der Waals surface area contributed by atoms with E-state index in [1.54, 1.807) is 0 Å². The van der Waals surface area contributed by atoms with Crippen molar-refractivity contribution in [3.05, 3.63) is 42.1 Å². The van der Waals surface area contributed by atoms with Crippen molar-refractivity contribution in [3.8, 4) is 11.4 Å². The quantitative estimate of drug-likeness (QED) is 0.554. The van der Waals surface area contributed by atoms with Gasteiger partial charge in [0, 0.05) is 17.1 Å². The Morgan fingerprint density at radius 2 is 1.61 bits per heavy atom. The van der Waals surface area contributed by atoms with E-state index in [2.05, 4.69) is 9.97 Å². The smallest absolute Gasteiger partial charge is 0.353 e. The molecular weight excluding hydrogens is 474 g/mol. The summed E-state index contributed by atoms with van der Waals surface area (Å²) < 4.78 is 125. The third-order valence-electron chi connectivity index (χ3n) is 4.36. The first kappa shape index (κ1) is 23.1. The number of aromatic nitrogens is 2. The van der Waals surface area contributed by atoms with Crippen molar-refractivity contribution in [3.63, 3.8) is 0 Å². The maximum absolute atomic E-state index is 13.0. The zero-order valence-electron chi connectivity index (χ0n) is 15.3. The molecule has 31 heavy (non-hydrogen) atoms. The molecule has 0 fully saturated rings. The summed E-state index contributed by atoms with van der Waals surface area (Å²) >= 11 is 0. The van der Waals surface area contributed by atoms with Gasteiger partial charge in [0.15, 0.2) is 9.84 Å². The van der Waals surface area contributed by atoms with Gasteiger partial charge in [-0.15, -0.1) is 0 Å². The van der Waals surface area contributed by atoms with Crippen molar-refractivity contribution in [2.24, 2.45) is 0 Å². The van der Waals surface area contributed by atoms with Gasteiger partial charge in [0.1, 0.15) is 5.69 Å². The largest absolute Gasteiger partial charge is 0.501 e. The van der Waals surface area contributed by atoms with Crippen LogP contribution >= 0.6 is 0 Å². The molecule has 0 aliphatic carbocycles. The van der Waals surface area contributed by atoms with Crippen LogP contribution in [0.4, 0.5) is 26.3 Å². The number of nitrogens with zero attached hydrogens (tertiary/aromatic N) is 1. The number of nitrogens with one attached hydrogen (secondary N) is 1. The molecule has 14 heteroatoms. The Balaban J connectivity index is 2.23. The number of hydrogen-bond donors (Lipinski definition) is 1. The van der Waals surface area contributed by atoms with E-state index in [1.807, 2.05) is 0 Å². The summed E-state index contributed by atoms with van der Waals surface area (Å²) in [6, 6.07) is 3.97. The molecule has 0 bridgehead atoms. The molecule has 168 valence electrons. The standard InChI is InChI=1S/C17H12F6N2O4S2/c1-2-30(26,27)14-7-10(16(18,19)20)8-24-15(14)13-6-9-5-11(3-4-12(9)25-13)31(28,29)17(21,22)23/h3-8,25H,2H2,1H3. The molecule has 3 aromatic rings. The number of halogens is 6. The van der Waals surface area contributed by atoms with Crippen molar-refractivity contribution >= 4 is 30.6 Å². The SMILES string of the molecule is CCS(=O)(=O)c1cc(C(F)(F)F)cnc1-c1cc2cc(S(=O)(=O)C(F)(F)F)ccc2[nH]1. The van der Waals surface area contributed by atoms with Gasteiger partial charge in [0.2, 0.25) is 0 Å². The van der Waals surface area contributed by atoms with Crippen LogP contribution < -0.4 is 0 Å². The highest BCUT2D eigenvalue weighted by molar-refractivity contribution is 7.92. The Kier molecular flexibility index (Phi) is 5.37. The molecule has 0 aliphatic heterocycles. The van der Waals surface area contributed by atoms with Gasteiger partial charge in [-0.25, -0.2) is 16.8 Å². The molecule has 0 saturated carbocycles. The van der Waals surface area contributed by atoms with E-state index in [9.17, 15) is 43.2 Å². The van der Waals surface area contributed by atoms with Gasteiger partial charge in [-0.1, -0.05) is 6.92 Å². The van der Waals surface area contributed by atoms with Crippen LogP contribution in [0.5, 0.6) is 0 Å². The Morgan fingerprint density at radius 1 is 0.968 bits per heavy atom. The minimum Gasteiger partial charge on any atom is -0.353 e. The Morgan fingerprint density at radius 3 is 2.16 bits per heavy atom. The molecule has 0 atom stereocenters. The van der Waals surface area contributed by atoms with Crippen LogP contribution in [0, 0.1) is 0 Å². The summed E-state index contributed by atoms with van der Waals surface area (Å²) in [6.07, 6.45) is -4.43. The fraction of sp³-hybridized carbons (Fsp3) is 0.235. The fourth-order valence-electron chi connectivity index (χ4n) is 2.73. The second-order valence-electron chi connectivity index (χ2n) is 6.35. The maximum Gasteiger partial charge on any atom is 0.501 e. The highest BCUT2D eigenvalue weighted by Crippen LogP contribution is 2.36. The zero-order chi connectivity index (χ0) is 23.4. The highest BCUT2D eigenvalue weighted by Gasteiger charge is 2.47. The van der Waals surface area contributed by atoms with Crippen LogP contribution in [0.25, 0.3) is 22.3 Å². The number of pyridine rings is 1. The average molecular weight is 486 g/mol. The van der Waals surface area contributed by atoms with E-state index in [0.29, 0.717) is 18.3 Å². The lowest BCUT2D eigenvalue weighted by Crippen LogP contribution is -2.23. The molecule has 0 saturated heterocycles. The van der Waals surface area contributed by atoms with Crippen molar-refractivity contribution in [2.45, 2.75) is 28.4 Å². The zero-order valence-corrected chi connectivity index (χ0v) is 17.0. The Labute approximate surface area is 171 Å². The molecule has 0 unspecified atom stereocenters. The summed E-state index contributed by atoms with van der Waals surface area (Å²) in [4.78, 5) is 4.48. The first-order chi connectivity index (χ1) is 14.1. The van der Waals surface area contributed by atoms with Crippen molar-refractivity contribution < 1.29 is 43.2 Å². The lowest BCUT2D eigenvalue weighted by Gasteiger charge is -2.12. The normalized spacial score (nSPS) is 13.6. The Hall–Kier alpha value is -2.61. The molecule has 0 aliphatic rings. The molecule has 3 rings (SSSR count). The van der Waals surface area contributed by atoms with Crippen molar-refractivity contribution in [2.75, 3.05) is 5.75 Å². The number of benzene rings is 1. The van der Waals surface area contributed by atoms with Gasteiger partial charge >= 0.3 is 11.7 Å². The molecule has 6 nitrogen and oxygen atoms in total. The first-order valence-electron chi connectivity index (χ1n) is 8.32. The molecule has 2 heterocycles. The molecule has 0 spiro atoms. The second-order valence-corrected chi connectivity index (χ2v) is 10.5. The van der Waals surface area contributed by atoms with Crippen molar-refractivity contribution in [1.29, 1.82) is 0 Å². The summed E-state index contributed by atoms with van der Waals surface area (Å²) in [5.74, 6) is -0.531. The number of sulfone groups is 2. The van der Waals surface area contributed by atoms with Crippen LogP contribution in [0.1, 0.15) is 12.5 Å². The summed E-state index contributed by atoms with van der Waals surface area (Å²) in [7, 11) is -9.81. The van der Waals surface area contributed by atoms with Gasteiger partial charge < -0.3 is 4.98 Å². The first-order valence-corrected chi connectivity index (χ1v) is 11.5. The van der Waals surface area contributed by atoms with E-state index >= 15 is 0 Å². The second kappa shape index (κ2) is 7.22. The summed E-state index contributed by atoms with van der Waals surface area (Å²) in [5.41, 5.74) is -7.20. The van der Waals surface area contributed by atoms with E-state index in [4.69, 9.17) is 0 Å².